The highest BCUT2D eigenvalue weighted by atomic mass is 16.5. The Morgan fingerprint density at radius 3 is 1.83 bits per heavy atom. The summed E-state index contributed by atoms with van der Waals surface area (Å²) in [5.74, 6) is -1.79. The van der Waals surface area contributed by atoms with Crippen LogP contribution in [0.1, 0.15) is 25.7 Å². The van der Waals surface area contributed by atoms with E-state index >= 15 is 0 Å². The second-order valence-electron chi connectivity index (χ2n) is 4.61. The Balaban J connectivity index is 0. The molecule has 136 valence electrons. The first kappa shape index (κ1) is 23.6. The molecule has 0 radical (unpaired) electrons. The molecule has 0 aromatic carbocycles. The number of hydrogen-bond donors (Lipinski definition) is 4. The molecule has 0 heterocycles. The first-order valence-corrected chi connectivity index (χ1v) is 7.29. The summed E-state index contributed by atoms with van der Waals surface area (Å²) in [4.78, 5) is 31.9. The molecular formula is C14H29N3O6. The van der Waals surface area contributed by atoms with Gasteiger partial charge in [-0.2, -0.15) is 0 Å². The minimum Gasteiger partial charge on any atom is -0.481 e. The van der Waals surface area contributed by atoms with Gasteiger partial charge in [0.25, 0.3) is 0 Å². The van der Waals surface area contributed by atoms with Crippen LogP contribution in [0.25, 0.3) is 0 Å². The summed E-state index contributed by atoms with van der Waals surface area (Å²) in [5.41, 5.74) is 5.33. The average Bonchev–Trinajstić information content (AvgIpc) is 2.55. The van der Waals surface area contributed by atoms with Gasteiger partial charge >= 0.3 is 17.9 Å². The third-order valence-electron chi connectivity index (χ3n) is 2.99. The summed E-state index contributed by atoms with van der Waals surface area (Å²) in [5, 5.41) is 13.7. The molecule has 9 nitrogen and oxygen atoms in total. The van der Waals surface area contributed by atoms with Crippen LogP contribution in [0.2, 0.25) is 0 Å². The van der Waals surface area contributed by atoms with Gasteiger partial charge in [-0.1, -0.05) is 6.42 Å². The topological polar surface area (TPSA) is 140 Å². The van der Waals surface area contributed by atoms with E-state index in [-0.39, 0.29) is 18.4 Å². The predicted molar refractivity (Wildman–Crippen MR) is 84.9 cm³/mol. The minimum atomic E-state index is -1.03. The van der Waals surface area contributed by atoms with Gasteiger partial charge in [0.1, 0.15) is 12.1 Å². The van der Waals surface area contributed by atoms with E-state index in [2.05, 4.69) is 20.1 Å². The normalized spacial score (nSPS) is 12.4. The highest BCUT2D eigenvalue weighted by molar-refractivity contribution is 5.81. The smallest absolute Gasteiger partial charge is 0.323 e. The maximum absolute atomic E-state index is 11.0. The number of aliphatic carboxylic acids is 1. The number of esters is 2. The summed E-state index contributed by atoms with van der Waals surface area (Å²) in [7, 11) is 5.87. The van der Waals surface area contributed by atoms with E-state index in [4.69, 9.17) is 10.8 Å². The van der Waals surface area contributed by atoms with Gasteiger partial charge in [0.15, 0.2) is 0 Å². The van der Waals surface area contributed by atoms with Crippen molar-refractivity contribution in [2.75, 3.05) is 34.9 Å². The molecule has 0 bridgehead atoms. The second-order valence-corrected chi connectivity index (χ2v) is 4.61. The fraction of sp³-hybridized carbons (Fsp3) is 0.786. The maximum atomic E-state index is 11.0. The first-order valence-electron chi connectivity index (χ1n) is 7.29. The summed E-state index contributed by atoms with van der Waals surface area (Å²) < 4.78 is 8.94. The van der Waals surface area contributed by atoms with Crippen molar-refractivity contribution in [2.45, 2.75) is 37.8 Å². The van der Waals surface area contributed by atoms with E-state index in [0.717, 1.165) is 19.3 Å². The lowest BCUT2D eigenvalue weighted by molar-refractivity contribution is -0.148. The number of likely N-dealkylation sites (N-methyl/N-ethyl adjacent to an activating group) is 2. The van der Waals surface area contributed by atoms with E-state index in [1.807, 2.05) is 0 Å². The molecule has 0 fully saturated rings. The SMILES string of the molecule is CNC(CC(=O)O)C(=O)OC.CNC(CCCCN)C(=O)OC. The molecular weight excluding hydrogens is 306 g/mol. The number of nitrogens with one attached hydrogen (secondary N) is 2. The van der Waals surface area contributed by atoms with Crippen LogP contribution in [0.4, 0.5) is 0 Å². The van der Waals surface area contributed by atoms with Crippen molar-refractivity contribution < 1.29 is 29.0 Å². The van der Waals surface area contributed by atoms with Crippen LogP contribution in [0, 0.1) is 0 Å². The summed E-state index contributed by atoms with van der Waals surface area (Å²) >= 11 is 0. The number of carbonyl (C=O) groups is 3. The van der Waals surface area contributed by atoms with Crippen LogP contribution in [0.5, 0.6) is 0 Å². The van der Waals surface area contributed by atoms with E-state index in [9.17, 15) is 14.4 Å². The fourth-order valence-corrected chi connectivity index (χ4v) is 1.64. The lowest BCUT2D eigenvalue weighted by Gasteiger charge is -2.12. The van der Waals surface area contributed by atoms with Gasteiger partial charge < -0.3 is 30.9 Å². The Labute approximate surface area is 136 Å². The van der Waals surface area contributed by atoms with Crippen LogP contribution >= 0.6 is 0 Å². The molecule has 0 aliphatic carbocycles. The molecule has 0 aliphatic heterocycles. The molecule has 2 atom stereocenters. The minimum absolute atomic E-state index is 0.179. The van der Waals surface area contributed by atoms with Crippen molar-refractivity contribution in [1.82, 2.24) is 10.6 Å². The zero-order chi connectivity index (χ0) is 18.3. The molecule has 0 saturated heterocycles. The lowest BCUT2D eigenvalue weighted by atomic mass is 10.1. The zero-order valence-electron chi connectivity index (χ0n) is 14.3. The standard InChI is InChI=1S/C8H18N2O2.C6H11NO4/c1-10-7(8(11)12-2)5-3-4-6-9;1-7-4(3-5(8)9)6(10)11-2/h7,10H,3-6,9H2,1-2H3;4,7H,3H2,1-2H3,(H,8,9). The summed E-state index contributed by atoms with van der Waals surface area (Å²) in [6.45, 7) is 0.678. The van der Waals surface area contributed by atoms with Gasteiger partial charge in [0, 0.05) is 0 Å². The number of ether oxygens (including phenoxy) is 2. The highest BCUT2D eigenvalue weighted by Gasteiger charge is 2.19. The van der Waals surface area contributed by atoms with Gasteiger partial charge in [0.05, 0.1) is 20.6 Å². The molecule has 2 unspecified atom stereocenters. The van der Waals surface area contributed by atoms with E-state index in [1.165, 1.54) is 21.3 Å². The second kappa shape index (κ2) is 15.2. The Hall–Kier alpha value is -1.71. The largest absolute Gasteiger partial charge is 0.481 e. The van der Waals surface area contributed by atoms with Crippen LogP contribution in [-0.2, 0) is 23.9 Å². The van der Waals surface area contributed by atoms with E-state index in [0.29, 0.717) is 6.54 Å². The molecule has 0 aromatic rings. The van der Waals surface area contributed by atoms with Crippen molar-refractivity contribution in [1.29, 1.82) is 0 Å². The van der Waals surface area contributed by atoms with E-state index in [1.54, 1.807) is 7.05 Å². The van der Waals surface area contributed by atoms with Gasteiger partial charge in [-0.3, -0.25) is 14.4 Å². The van der Waals surface area contributed by atoms with Gasteiger partial charge in [-0.05, 0) is 33.5 Å². The third-order valence-corrected chi connectivity index (χ3v) is 2.99. The number of methoxy groups -OCH3 is 2. The number of carbonyl (C=O) groups excluding carboxylic acids is 2. The molecule has 23 heavy (non-hydrogen) atoms. The van der Waals surface area contributed by atoms with Crippen LogP contribution in [-0.4, -0.2) is 70.0 Å². The summed E-state index contributed by atoms with van der Waals surface area (Å²) in [6, 6.07) is -0.931. The van der Waals surface area contributed by atoms with Crippen molar-refractivity contribution in [2.24, 2.45) is 5.73 Å². The van der Waals surface area contributed by atoms with Crippen LogP contribution in [0.3, 0.4) is 0 Å². The summed E-state index contributed by atoms with van der Waals surface area (Å²) in [6.07, 6.45) is 2.44. The number of rotatable bonds is 10. The monoisotopic (exact) mass is 335 g/mol. The number of unbranched alkanes of at least 4 members (excludes halogenated alkanes) is 1. The molecule has 0 aliphatic rings. The van der Waals surface area contributed by atoms with Crippen molar-refractivity contribution in [3.05, 3.63) is 0 Å². The molecule has 0 rings (SSSR count). The zero-order valence-corrected chi connectivity index (χ0v) is 14.3. The Bertz CT molecular complexity index is 351. The van der Waals surface area contributed by atoms with Crippen LogP contribution < -0.4 is 16.4 Å². The van der Waals surface area contributed by atoms with Crippen molar-refractivity contribution in [3.8, 4) is 0 Å². The first-order chi connectivity index (χ1) is 10.9. The van der Waals surface area contributed by atoms with Gasteiger partial charge in [0.2, 0.25) is 0 Å². The Morgan fingerprint density at radius 1 is 1.00 bits per heavy atom. The number of carboxylic acids is 1. The average molecular weight is 335 g/mol. The maximum Gasteiger partial charge on any atom is 0.323 e. The molecule has 5 N–H and O–H groups in total. The van der Waals surface area contributed by atoms with Gasteiger partial charge in [-0.25, -0.2) is 0 Å². The number of hydrogen-bond acceptors (Lipinski definition) is 8. The van der Waals surface area contributed by atoms with Gasteiger partial charge in [-0.15, -0.1) is 0 Å². The van der Waals surface area contributed by atoms with E-state index < -0.39 is 18.0 Å². The molecule has 0 saturated carbocycles. The van der Waals surface area contributed by atoms with Crippen LogP contribution in [0.15, 0.2) is 0 Å². The lowest BCUT2D eigenvalue weighted by Crippen LogP contribution is -2.36. The van der Waals surface area contributed by atoms with Crippen molar-refractivity contribution in [3.63, 3.8) is 0 Å². The molecule has 0 amide bonds. The van der Waals surface area contributed by atoms with Crippen molar-refractivity contribution >= 4 is 17.9 Å². The molecule has 0 aromatic heterocycles. The Morgan fingerprint density at radius 2 is 1.48 bits per heavy atom. The quantitative estimate of drug-likeness (QED) is 0.295. The number of carboxylic acid groups (broad SMARTS) is 1. The predicted octanol–water partition coefficient (Wildman–Crippen LogP) is -0.901. The number of nitrogens with two attached hydrogens (primary N) is 1. The third kappa shape index (κ3) is 12.5. The fourth-order valence-electron chi connectivity index (χ4n) is 1.64. The Kier molecular flexibility index (Phi) is 15.6. The highest BCUT2D eigenvalue weighted by Crippen LogP contribution is 2.01. The molecule has 0 spiro atoms. The molecule has 9 heteroatoms.